The Balaban J connectivity index is 2.01. The normalized spacial score (nSPS) is 22.1. The van der Waals surface area contributed by atoms with E-state index in [2.05, 4.69) is 5.32 Å². The van der Waals surface area contributed by atoms with Crippen molar-refractivity contribution in [1.82, 2.24) is 10.2 Å². The summed E-state index contributed by atoms with van der Waals surface area (Å²) in [6.45, 7) is 4.36. The molecule has 0 aliphatic heterocycles. The van der Waals surface area contributed by atoms with Gasteiger partial charge in [0.1, 0.15) is 5.54 Å². The van der Waals surface area contributed by atoms with E-state index in [1.807, 2.05) is 6.92 Å². The van der Waals surface area contributed by atoms with Gasteiger partial charge in [-0.1, -0.05) is 6.92 Å². The smallest absolute Gasteiger partial charge is 0.329 e. The molecule has 5 nitrogen and oxygen atoms in total. The van der Waals surface area contributed by atoms with Gasteiger partial charge in [-0.3, -0.25) is 0 Å². The summed E-state index contributed by atoms with van der Waals surface area (Å²) in [6, 6.07) is 0.110. The minimum Gasteiger partial charge on any atom is -0.480 e. The van der Waals surface area contributed by atoms with E-state index < -0.39 is 11.5 Å². The van der Waals surface area contributed by atoms with Crippen molar-refractivity contribution in [3.05, 3.63) is 0 Å². The largest absolute Gasteiger partial charge is 0.480 e. The number of aliphatic carboxylic acids is 1. The molecule has 2 rings (SSSR count). The van der Waals surface area contributed by atoms with Gasteiger partial charge in [-0.25, -0.2) is 9.59 Å². The highest BCUT2D eigenvalue weighted by Crippen LogP contribution is 2.40. The van der Waals surface area contributed by atoms with Crippen molar-refractivity contribution in [3.8, 4) is 0 Å². The number of carbonyl (C=O) groups excluding carboxylic acids is 1. The Labute approximate surface area is 108 Å². The Morgan fingerprint density at radius 3 is 2.33 bits per heavy atom. The van der Waals surface area contributed by atoms with E-state index in [1.54, 1.807) is 11.8 Å². The van der Waals surface area contributed by atoms with Crippen LogP contribution >= 0.6 is 0 Å². The van der Waals surface area contributed by atoms with Crippen LogP contribution in [0.5, 0.6) is 0 Å². The van der Waals surface area contributed by atoms with Crippen LogP contribution in [0.15, 0.2) is 0 Å². The molecule has 0 spiro atoms. The standard InChI is InChI=1S/C13H22N2O3/c1-3-8-15(10-6-7-10)12(18)14-13(2,11(16)17)9-4-5-9/h9-10H,3-8H2,1-2H3,(H,14,18)(H,16,17). The first kappa shape index (κ1) is 13.2. The van der Waals surface area contributed by atoms with E-state index in [0.717, 1.165) is 32.1 Å². The van der Waals surface area contributed by atoms with Crippen LogP contribution in [0.25, 0.3) is 0 Å². The SMILES string of the molecule is CCCN(C(=O)NC(C)(C(=O)O)C1CC1)C1CC1. The molecule has 0 heterocycles. The summed E-state index contributed by atoms with van der Waals surface area (Å²) < 4.78 is 0. The molecular formula is C13H22N2O3. The fourth-order valence-electron chi connectivity index (χ4n) is 2.36. The number of nitrogens with zero attached hydrogens (tertiary/aromatic N) is 1. The van der Waals surface area contributed by atoms with E-state index in [9.17, 15) is 14.7 Å². The van der Waals surface area contributed by atoms with Crippen molar-refractivity contribution in [3.63, 3.8) is 0 Å². The van der Waals surface area contributed by atoms with E-state index in [1.165, 1.54) is 0 Å². The van der Waals surface area contributed by atoms with Gasteiger partial charge in [-0.2, -0.15) is 0 Å². The van der Waals surface area contributed by atoms with Gasteiger partial charge in [-0.15, -0.1) is 0 Å². The van der Waals surface area contributed by atoms with Crippen molar-refractivity contribution in [2.24, 2.45) is 5.92 Å². The number of carboxylic acid groups (broad SMARTS) is 1. The van der Waals surface area contributed by atoms with Crippen LogP contribution in [0.4, 0.5) is 4.79 Å². The van der Waals surface area contributed by atoms with E-state index in [-0.39, 0.29) is 11.9 Å². The molecule has 0 aromatic heterocycles. The Kier molecular flexibility index (Phi) is 3.50. The van der Waals surface area contributed by atoms with Gasteiger partial charge in [0.25, 0.3) is 0 Å². The molecule has 2 N–H and O–H groups in total. The second-order valence-electron chi connectivity index (χ2n) is 5.64. The second-order valence-corrected chi connectivity index (χ2v) is 5.64. The molecule has 18 heavy (non-hydrogen) atoms. The molecule has 2 aliphatic rings. The van der Waals surface area contributed by atoms with Gasteiger partial charge in [-0.05, 0) is 44.9 Å². The number of hydrogen-bond acceptors (Lipinski definition) is 2. The van der Waals surface area contributed by atoms with Crippen LogP contribution in [0.1, 0.15) is 46.0 Å². The third-order valence-electron chi connectivity index (χ3n) is 3.92. The van der Waals surface area contributed by atoms with Crippen molar-refractivity contribution < 1.29 is 14.7 Å². The summed E-state index contributed by atoms with van der Waals surface area (Å²) in [7, 11) is 0. The number of carboxylic acids is 1. The fraction of sp³-hybridized carbons (Fsp3) is 0.846. The van der Waals surface area contributed by atoms with Crippen LogP contribution in [0, 0.1) is 5.92 Å². The first-order valence-electron chi connectivity index (χ1n) is 6.81. The minimum atomic E-state index is -1.10. The highest BCUT2D eigenvalue weighted by molar-refractivity contribution is 5.86. The monoisotopic (exact) mass is 254 g/mol. The highest BCUT2D eigenvalue weighted by atomic mass is 16.4. The first-order valence-corrected chi connectivity index (χ1v) is 6.81. The lowest BCUT2D eigenvalue weighted by Crippen LogP contribution is -2.58. The zero-order valence-electron chi connectivity index (χ0n) is 11.1. The summed E-state index contributed by atoms with van der Waals surface area (Å²) in [5, 5.41) is 12.1. The maximum atomic E-state index is 12.2. The molecule has 2 amide bonds. The van der Waals surface area contributed by atoms with Gasteiger partial charge >= 0.3 is 12.0 Å². The minimum absolute atomic E-state index is 0.0848. The molecule has 1 atom stereocenters. The lowest BCUT2D eigenvalue weighted by molar-refractivity contribution is -0.144. The van der Waals surface area contributed by atoms with Crippen molar-refractivity contribution in [1.29, 1.82) is 0 Å². The lowest BCUT2D eigenvalue weighted by atomic mass is 9.96. The molecule has 5 heteroatoms. The topological polar surface area (TPSA) is 69.6 Å². The molecular weight excluding hydrogens is 232 g/mol. The number of hydrogen-bond donors (Lipinski definition) is 2. The predicted octanol–water partition coefficient (Wildman–Crippen LogP) is 1.82. The molecule has 0 bridgehead atoms. The zero-order chi connectivity index (χ0) is 13.3. The number of nitrogens with one attached hydrogen (secondary N) is 1. The summed E-state index contributed by atoms with van der Waals surface area (Å²) in [5.41, 5.74) is -1.10. The van der Waals surface area contributed by atoms with E-state index >= 15 is 0 Å². The van der Waals surface area contributed by atoms with E-state index in [0.29, 0.717) is 12.6 Å². The number of urea groups is 1. The fourth-order valence-corrected chi connectivity index (χ4v) is 2.36. The van der Waals surface area contributed by atoms with Crippen molar-refractivity contribution in [2.75, 3.05) is 6.54 Å². The average molecular weight is 254 g/mol. The third-order valence-corrected chi connectivity index (χ3v) is 3.92. The average Bonchev–Trinajstić information content (AvgIpc) is 3.18. The highest BCUT2D eigenvalue weighted by Gasteiger charge is 2.49. The first-order chi connectivity index (χ1) is 8.49. The van der Waals surface area contributed by atoms with Crippen LogP contribution in [-0.2, 0) is 4.79 Å². The van der Waals surface area contributed by atoms with Crippen LogP contribution in [0.3, 0.4) is 0 Å². The van der Waals surface area contributed by atoms with Gasteiger partial charge in [0.05, 0.1) is 0 Å². The lowest BCUT2D eigenvalue weighted by Gasteiger charge is -2.30. The van der Waals surface area contributed by atoms with Crippen molar-refractivity contribution >= 4 is 12.0 Å². The summed E-state index contributed by atoms with van der Waals surface area (Å²) in [4.78, 5) is 25.4. The second kappa shape index (κ2) is 4.78. The van der Waals surface area contributed by atoms with Crippen LogP contribution in [-0.4, -0.2) is 40.1 Å². The Hall–Kier alpha value is -1.26. The predicted molar refractivity (Wildman–Crippen MR) is 67.3 cm³/mol. The van der Waals surface area contributed by atoms with Gasteiger partial charge in [0.15, 0.2) is 0 Å². The maximum absolute atomic E-state index is 12.2. The molecule has 2 fully saturated rings. The molecule has 102 valence electrons. The maximum Gasteiger partial charge on any atom is 0.329 e. The van der Waals surface area contributed by atoms with Gasteiger partial charge in [0, 0.05) is 12.6 Å². The van der Waals surface area contributed by atoms with Crippen LogP contribution in [0.2, 0.25) is 0 Å². The number of amides is 2. The van der Waals surface area contributed by atoms with Gasteiger partial charge in [0.2, 0.25) is 0 Å². The van der Waals surface area contributed by atoms with Crippen molar-refractivity contribution in [2.45, 2.75) is 57.5 Å². The third kappa shape index (κ3) is 2.60. The van der Waals surface area contributed by atoms with E-state index in [4.69, 9.17) is 0 Å². The molecule has 2 saturated carbocycles. The summed E-state index contributed by atoms with van der Waals surface area (Å²) in [5.74, 6) is -0.841. The quantitative estimate of drug-likeness (QED) is 0.759. The van der Waals surface area contributed by atoms with Gasteiger partial charge < -0.3 is 15.3 Å². The molecule has 0 radical (unpaired) electrons. The molecule has 0 saturated heterocycles. The Morgan fingerprint density at radius 1 is 1.33 bits per heavy atom. The molecule has 0 aromatic rings. The van der Waals surface area contributed by atoms with Crippen LogP contribution < -0.4 is 5.32 Å². The Bertz CT molecular complexity index is 350. The number of carbonyl (C=O) groups is 2. The Morgan fingerprint density at radius 2 is 1.94 bits per heavy atom. The summed E-state index contributed by atoms with van der Waals surface area (Å²) >= 11 is 0. The zero-order valence-corrected chi connectivity index (χ0v) is 11.1. The molecule has 0 aromatic carbocycles. The molecule has 1 unspecified atom stereocenters. The molecule has 2 aliphatic carbocycles. The number of rotatable bonds is 6. The summed E-state index contributed by atoms with van der Waals surface area (Å²) in [6.07, 6.45) is 4.76.